The highest BCUT2D eigenvalue weighted by Crippen LogP contribution is 2.10. The minimum absolute atomic E-state index is 0.117. The summed E-state index contributed by atoms with van der Waals surface area (Å²) >= 11 is 0. The van der Waals surface area contributed by atoms with Gasteiger partial charge < -0.3 is 5.32 Å². The van der Waals surface area contributed by atoms with Gasteiger partial charge in [0.05, 0.1) is 12.2 Å². The first-order valence-corrected chi connectivity index (χ1v) is 4.50. The van der Waals surface area contributed by atoms with Crippen molar-refractivity contribution < 1.29 is 4.79 Å². The molecule has 0 spiro atoms. The van der Waals surface area contributed by atoms with Crippen LogP contribution in [0.1, 0.15) is 0 Å². The van der Waals surface area contributed by atoms with Crippen LogP contribution in [0, 0.1) is 0 Å². The highest BCUT2D eigenvalue weighted by molar-refractivity contribution is 6.11. The number of rotatable bonds is 0. The number of carbonyl (C=O) groups excluding carboxylic acids is 1. The fraction of sp³-hybridized carbons (Fsp3) is 0.0909. The summed E-state index contributed by atoms with van der Waals surface area (Å²) in [5, 5.41) is 5.10. The Balaban J connectivity index is 2.46. The van der Waals surface area contributed by atoms with Crippen molar-refractivity contribution in [1.29, 1.82) is 0 Å². The molecule has 2 aliphatic heterocycles. The van der Waals surface area contributed by atoms with Gasteiger partial charge in [0, 0.05) is 22.3 Å². The minimum Gasteiger partial charge on any atom is -0.377 e. The number of nitrogens with one attached hydrogen (secondary N) is 1. The number of ketones is 1. The number of carbonyl (C=O) groups is 1. The van der Waals surface area contributed by atoms with Crippen molar-refractivity contribution in [1.82, 2.24) is 0 Å². The van der Waals surface area contributed by atoms with Crippen molar-refractivity contribution in [2.75, 3.05) is 11.9 Å². The SMILES string of the molecule is O=C1C=c2c(ccc3c2=CC=N3)NC1. The number of Topliss-reactive ketones (excluding diaryl/α,β-unsaturated/α-hetero) is 1. The molecule has 2 heterocycles. The number of aliphatic imine (C=N–C) groups is 1. The second-order valence-electron chi connectivity index (χ2n) is 3.37. The van der Waals surface area contributed by atoms with Crippen LogP contribution in [0.15, 0.2) is 17.1 Å². The van der Waals surface area contributed by atoms with Crippen LogP contribution < -0.4 is 15.8 Å². The molecule has 0 radical (unpaired) electrons. The van der Waals surface area contributed by atoms with E-state index in [2.05, 4.69) is 10.3 Å². The van der Waals surface area contributed by atoms with Gasteiger partial charge in [0.15, 0.2) is 5.78 Å². The number of fused-ring (bicyclic) bond motifs is 3. The summed E-state index contributed by atoms with van der Waals surface area (Å²) in [5.74, 6) is 0.117. The Kier molecular flexibility index (Phi) is 1.36. The van der Waals surface area contributed by atoms with Gasteiger partial charge in [-0.05, 0) is 24.3 Å². The lowest BCUT2D eigenvalue weighted by Gasteiger charge is -2.10. The third-order valence-electron chi connectivity index (χ3n) is 2.48. The molecule has 1 N–H and O–H groups in total. The van der Waals surface area contributed by atoms with Gasteiger partial charge in [0.2, 0.25) is 0 Å². The Hall–Kier alpha value is -1.90. The molecule has 2 aliphatic rings. The molecule has 0 amide bonds. The molecule has 3 heteroatoms. The van der Waals surface area contributed by atoms with Gasteiger partial charge in [-0.1, -0.05) is 0 Å². The van der Waals surface area contributed by atoms with E-state index in [1.54, 1.807) is 12.3 Å². The molecule has 0 saturated heterocycles. The van der Waals surface area contributed by atoms with Crippen molar-refractivity contribution in [3.63, 3.8) is 0 Å². The maximum Gasteiger partial charge on any atom is 0.175 e. The molecule has 0 bridgehead atoms. The van der Waals surface area contributed by atoms with Crippen LogP contribution >= 0.6 is 0 Å². The number of nitrogens with zero attached hydrogens (tertiary/aromatic N) is 1. The van der Waals surface area contributed by atoms with Crippen LogP contribution in [0.2, 0.25) is 0 Å². The van der Waals surface area contributed by atoms with Crippen LogP contribution in [-0.4, -0.2) is 18.5 Å². The highest BCUT2D eigenvalue weighted by atomic mass is 16.1. The number of anilines is 1. The molecule has 3 nitrogen and oxygen atoms in total. The molecule has 0 aromatic heterocycles. The zero-order valence-electron chi connectivity index (χ0n) is 7.45. The van der Waals surface area contributed by atoms with E-state index in [1.165, 1.54) is 0 Å². The number of benzene rings is 1. The topological polar surface area (TPSA) is 41.5 Å². The van der Waals surface area contributed by atoms with E-state index < -0.39 is 0 Å². The maximum absolute atomic E-state index is 11.3. The Morgan fingerprint density at radius 1 is 1.29 bits per heavy atom. The predicted molar refractivity (Wildman–Crippen MR) is 56.3 cm³/mol. The van der Waals surface area contributed by atoms with Crippen molar-refractivity contribution in [3.8, 4) is 0 Å². The second kappa shape index (κ2) is 2.54. The number of hydrogen-bond donors (Lipinski definition) is 1. The van der Waals surface area contributed by atoms with Gasteiger partial charge in [-0.3, -0.25) is 9.79 Å². The van der Waals surface area contributed by atoms with E-state index in [4.69, 9.17) is 0 Å². The molecule has 14 heavy (non-hydrogen) atoms. The fourth-order valence-electron chi connectivity index (χ4n) is 1.81. The van der Waals surface area contributed by atoms with Crippen LogP contribution in [0.25, 0.3) is 12.2 Å². The first-order valence-electron chi connectivity index (χ1n) is 4.50. The van der Waals surface area contributed by atoms with E-state index in [0.29, 0.717) is 6.54 Å². The third kappa shape index (κ3) is 0.923. The van der Waals surface area contributed by atoms with Crippen molar-refractivity contribution in [2.24, 2.45) is 4.99 Å². The lowest BCUT2D eigenvalue weighted by molar-refractivity contribution is -0.111. The van der Waals surface area contributed by atoms with Crippen molar-refractivity contribution >= 4 is 35.5 Å². The first kappa shape index (κ1) is 7.50. The molecule has 3 rings (SSSR count). The summed E-state index contributed by atoms with van der Waals surface area (Å²) in [6.45, 7) is 0.395. The molecule has 0 aliphatic carbocycles. The third-order valence-corrected chi connectivity index (χ3v) is 2.48. The minimum atomic E-state index is 0.117. The molecular formula is C11H8N2O. The summed E-state index contributed by atoms with van der Waals surface area (Å²) in [4.78, 5) is 15.4. The Bertz CT molecular complexity index is 570. The summed E-state index contributed by atoms with van der Waals surface area (Å²) in [5.41, 5.74) is 1.96. The smallest absolute Gasteiger partial charge is 0.175 e. The molecule has 0 saturated carbocycles. The van der Waals surface area contributed by atoms with Gasteiger partial charge in [-0.25, -0.2) is 0 Å². The highest BCUT2D eigenvalue weighted by Gasteiger charge is 2.10. The summed E-state index contributed by atoms with van der Waals surface area (Å²) < 4.78 is 0. The first-order chi connectivity index (χ1) is 6.84. The molecule has 0 atom stereocenters. The molecule has 0 fully saturated rings. The van der Waals surface area contributed by atoms with E-state index in [0.717, 1.165) is 21.8 Å². The molecule has 1 aromatic rings. The quantitative estimate of drug-likeness (QED) is 0.614. The predicted octanol–water partition coefficient (Wildman–Crippen LogP) is -0.0419. The zero-order chi connectivity index (χ0) is 9.54. The van der Waals surface area contributed by atoms with Crippen LogP contribution in [0.5, 0.6) is 0 Å². The van der Waals surface area contributed by atoms with Gasteiger partial charge >= 0.3 is 0 Å². The maximum atomic E-state index is 11.3. The standard InChI is InChI=1S/C11H8N2O/c14-7-5-9-8-3-4-12-10(8)1-2-11(9)13-6-7/h1-5,13H,6H2. The van der Waals surface area contributed by atoms with Crippen molar-refractivity contribution in [2.45, 2.75) is 0 Å². The average Bonchev–Trinajstić information content (AvgIpc) is 2.65. The molecule has 1 aromatic carbocycles. The van der Waals surface area contributed by atoms with Crippen LogP contribution in [-0.2, 0) is 4.79 Å². The Morgan fingerprint density at radius 3 is 3.14 bits per heavy atom. The normalized spacial score (nSPS) is 16.4. The van der Waals surface area contributed by atoms with Crippen molar-refractivity contribution in [3.05, 3.63) is 22.6 Å². The lowest BCUT2D eigenvalue weighted by atomic mass is 10.1. The second-order valence-corrected chi connectivity index (χ2v) is 3.37. The molecular weight excluding hydrogens is 176 g/mol. The Labute approximate surface area is 80.5 Å². The Morgan fingerprint density at radius 2 is 2.21 bits per heavy atom. The summed E-state index contributed by atoms with van der Waals surface area (Å²) in [7, 11) is 0. The summed E-state index contributed by atoms with van der Waals surface area (Å²) in [6.07, 6.45) is 5.39. The van der Waals surface area contributed by atoms with Gasteiger partial charge in [0.25, 0.3) is 0 Å². The largest absolute Gasteiger partial charge is 0.377 e. The molecule has 0 unspecified atom stereocenters. The van der Waals surface area contributed by atoms with E-state index >= 15 is 0 Å². The van der Waals surface area contributed by atoms with Gasteiger partial charge in [-0.2, -0.15) is 0 Å². The lowest BCUT2D eigenvalue weighted by Crippen LogP contribution is -2.34. The van der Waals surface area contributed by atoms with Gasteiger partial charge in [-0.15, -0.1) is 0 Å². The molecule has 68 valence electrons. The fourth-order valence-corrected chi connectivity index (χ4v) is 1.81. The van der Waals surface area contributed by atoms with E-state index in [1.807, 2.05) is 18.2 Å². The van der Waals surface area contributed by atoms with Gasteiger partial charge in [0.1, 0.15) is 0 Å². The monoisotopic (exact) mass is 184 g/mol. The van der Waals surface area contributed by atoms with E-state index in [9.17, 15) is 4.79 Å². The average molecular weight is 184 g/mol. The number of hydrogen-bond acceptors (Lipinski definition) is 3. The summed E-state index contributed by atoms with van der Waals surface area (Å²) in [6, 6.07) is 3.93. The van der Waals surface area contributed by atoms with Crippen LogP contribution in [0.3, 0.4) is 0 Å². The van der Waals surface area contributed by atoms with Crippen LogP contribution in [0.4, 0.5) is 11.4 Å². The zero-order valence-corrected chi connectivity index (χ0v) is 7.45. The van der Waals surface area contributed by atoms with E-state index in [-0.39, 0.29) is 5.78 Å².